The van der Waals surface area contributed by atoms with Gasteiger partial charge in [-0.05, 0) is 36.5 Å². The van der Waals surface area contributed by atoms with Crippen molar-refractivity contribution in [2.24, 2.45) is 0 Å². The average Bonchev–Trinajstić information content (AvgIpc) is 2.90. The molecule has 0 aliphatic carbocycles. The summed E-state index contributed by atoms with van der Waals surface area (Å²) in [4.78, 5) is 13.8. The molecular formula is C25H34N2O3. The van der Waals surface area contributed by atoms with E-state index in [9.17, 15) is 9.90 Å². The Hall–Kier alpha value is -2.37. The van der Waals surface area contributed by atoms with Crippen molar-refractivity contribution in [3.8, 4) is 5.75 Å². The number of carbonyl (C=O) groups excluding carboxylic acids is 1. The predicted octanol–water partition coefficient (Wildman–Crippen LogP) is 3.68. The number of likely N-dealkylation sites (tertiary alicyclic amines) is 1. The number of aliphatic hydroxyl groups is 1. The fourth-order valence-electron chi connectivity index (χ4n) is 4.05. The number of ether oxygens (including phenoxy) is 1. The first-order valence-electron chi connectivity index (χ1n) is 11.0. The van der Waals surface area contributed by atoms with Crippen LogP contribution in [0.5, 0.6) is 5.75 Å². The molecule has 2 aromatic carbocycles. The number of hydrogen-bond acceptors (Lipinski definition) is 4. The van der Waals surface area contributed by atoms with Crippen LogP contribution in [0.1, 0.15) is 49.8 Å². The molecule has 1 fully saturated rings. The van der Waals surface area contributed by atoms with Crippen molar-refractivity contribution in [2.75, 3.05) is 13.1 Å². The van der Waals surface area contributed by atoms with E-state index in [0.29, 0.717) is 13.0 Å². The van der Waals surface area contributed by atoms with E-state index < -0.39 is 6.10 Å². The van der Waals surface area contributed by atoms with Gasteiger partial charge in [-0.1, -0.05) is 55.8 Å². The van der Waals surface area contributed by atoms with Crippen LogP contribution in [-0.2, 0) is 24.4 Å². The van der Waals surface area contributed by atoms with E-state index in [-0.39, 0.29) is 11.9 Å². The van der Waals surface area contributed by atoms with Crippen LogP contribution in [0.25, 0.3) is 0 Å². The minimum absolute atomic E-state index is 0.0867. The standard InChI is InChI=1S/C25H34N2O3/c1-3-7-20-10-11-25(30-18-21-8-5-4-6-9-21)22(16-20)17-27-14-12-23(26-19(2)28)24(29)13-15-27/h4-6,8-11,16,23-24,29H,3,7,12-15,17-18H2,1-2H3,(H,26,28)/t23-,24-/m0/s1. The van der Waals surface area contributed by atoms with Gasteiger partial charge in [0.1, 0.15) is 12.4 Å². The summed E-state index contributed by atoms with van der Waals surface area (Å²) in [5, 5.41) is 13.3. The molecule has 1 amide bonds. The van der Waals surface area contributed by atoms with Gasteiger partial charge < -0.3 is 15.2 Å². The molecule has 2 atom stereocenters. The summed E-state index contributed by atoms with van der Waals surface area (Å²) in [6.45, 7) is 6.65. The number of carbonyl (C=O) groups is 1. The molecule has 2 N–H and O–H groups in total. The Morgan fingerprint density at radius 3 is 2.63 bits per heavy atom. The number of hydrogen-bond donors (Lipinski definition) is 2. The van der Waals surface area contributed by atoms with E-state index in [4.69, 9.17) is 4.74 Å². The maximum atomic E-state index is 11.4. The SMILES string of the molecule is CCCc1ccc(OCc2ccccc2)c(CN2CC[C@H](NC(C)=O)[C@@H](O)CC2)c1. The summed E-state index contributed by atoms with van der Waals surface area (Å²) in [6, 6.07) is 16.5. The van der Waals surface area contributed by atoms with E-state index in [1.54, 1.807) is 0 Å². The zero-order valence-electron chi connectivity index (χ0n) is 18.1. The van der Waals surface area contributed by atoms with Crippen molar-refractivity contribution in [1.82, 2.24) is 10.2 Å². The minimum Gasteiger partial charge on any atom is -0.489 e. The lowest BCUT2D eigenvalue weighted by Crippen LogP contribution is -2.42. The molecule has 0 bridgehead atoms. The minimum atomic E-state index is -0.501. The van der Waals surface area contributed by atoms with Crippen LogP contribution < -0.4 is 10.1 Å². The third-order valence-corrected chi connectivity index (χ3v) is 5.65. The van der Waals surface area contributed by atoms with Crippen molar-refractivity contribution in [1.29, 1.82) is 0 Å². The molecule has 1 aliphatic heterocycles. The summed E-state index contributed by atoms with van der Waals surface area (Å²) in [5.74, 6) is 0.832. The van der Waals surface area contributed by atoms with E-state index in [1.807, 2.05) is 18.2 Å². The topological polar surface area (TPSA) is 61.8 Å². The monoisotopic (exact) mass is 410 g/mol. The fraction of sp³-hybridized carbons (Fsp3) is 0.480. The van der Waals surface area contributed by atoms with Crippen LogP contribution in [0.3, 0.4) is 0 Å². The zero-order valence-corrected chi connectivity index (χ0v) is 18.1. The number of nitrogens with zero attached hydrogens (tertiary/aromatic N) is 1. The highest BCUT2D eigenvalue weighted by Gasteiger charge is 2.25. The van der Waals surface area contributed by atoms with E-state index >= 15 is 0 Å². The quantitative estimate of drug-likeness (QED) is 0.697. The number of rotatable bonds is 8. The lowest BCUT2D eigenvalue weighted by molar-refractivity contribution is -0.120. The lowest BCUT2D eigenvalue weighted by atomic mass is 10.1. The molecular weight excluding hydrogens is 376 g/mol. The van der Waals surface area contributed by atoms with Gasteiger partial charge in [-0.25, -0.2) is 0 Å². The molecule has 0 spiro atoms. The molecule has 1 saturated heterocycles. The Bertz CT molecular complexity index is 809. The van der Waals surface area contributed by atoms with E-state index in [0.717, 1.165) is 50.2 Å². The van der Waals surface area contributed by atoms with Gasteiger partial charge in [-0.15, -0.1) is 0 Å². The molecule has 1 aliphatic rings. The van der Waals surface area contributed by atoms with Crippen molar-refractivity contribution in [3.63, 3.8) is 0 Å². The number of aryl methyl sites for hydroxylation is 1. The first-order valence-corrected chi connectivity index (χ1v) is 11.0. The predicted molar refractivity (Wildman–Crippen MR) is 119 cm³/mol. The molecule has 0 aromatic heterocycles. The fourth-order valence-corrected chi connectivity index (χ4v) is 4.05. The molecule has 0 unspecified atom stereocenters. The summed E-state index contributed by atoms with van der Waals surface area (Å²) in [5.41, 5.74) is 3.66. The maximum Gasteiger partial charge on any atom is 0.217 e. The third-order valence-electron chi connectivity index (χ3n) is 5.65. The van der Waals surface area contributed by atoms with Crippen molar-refractivity contribution < 1.29 is 14.6 Å². The smallest absolute Gasteiger partial charge is 0.217 e. The van der Waals surface area contributed by atoms with Crippen molar-refractivity contribution >= 4 is 5.91 Å². The van der Waals surface area contributed by atoms with Crippen LogP contribution in [0.2, 0.25) is 0 Å². The number of amides is 1. The van der Waals surface area contributed by atoms with Crippen LogP contribution >= 0.6 is 0 Å². The lowest BCUT2D eigenvalue weighted by Gasteiger charge is -2.22. The van der Waals surface area contributed by atoms with Crippen molar-refractivity contribution in [2.45, 2.75) is 64.8 Å². The van der Waals surface area contributed by atoms with Gasteiger partial charge in [-0.3, -0.25) is 9.69 Å². The molecule has 5 nitrogen and oxygen atoms in total. The Labute approximate surface area is 180 Å². The van der Waals surface area contributed by atoms with Crippen LogP contribution in [0, 0.1) is 0 Å². The molecule has 5 heteroatoms. The van der Waals surface area contributed by atoms with Crippen LogP contribution in [-0.4, -0.2) is 41.1 Å². The molecule has 0 saturated carbocycles. The third kappa shape index (κ3) is 6.57. The van der Waals surface area contributed by atoms with E-state index in [2.05, 4.69) is 47.5 Å². The molecule has 1 heterocycles. The van der Waals surface area contributed by atoms with Crippen molar-refractivity contribution in [3.05, 3.63) is 65.2 Å². The summed E-state index contributed by atoms with van der Waals surface area (Å²) >= 11 is 0. The second-order valence-corrected chi connectivity index (χ2v) is 8.19. The largest absolute Gasteiger partial charge is 0.489 e. The summed E-state index contributed by atoms with van der Waals surface area (Å²) < 4.78 is 6.19. The molecule has 2 aromatic rings. The van der Waals surface area contributed by atoms with Gasteiger partial charge in [0, 0.05) is 32.1 Å². The Morgan fingerprint density at radius 1 is 1.13 bits per heavy atom. The number of aliphatic hydroxyl groups excluding tert-OH is 1. The second kappa shape index (κ2) is 11.1. The van der Waals surface area contributed by atoms with Gasteiger partial charge >= 0.3 is 0 Å². The first-order chi connectivity index (χ1) is 14.5. The van der Waals surface area contributed by atoms with Gasteiger partial charge in [0.15, 0.2) is 0 Å². The average molecular weight is 411 g/mol. The number of benzene rings is 2. The van der Waals surface area contributed by atoms with Crippen LogP contribution in [0.15, 0.2) is 48.5 Å². The van der Waals surface area contributed by atoms with Gasteiger partial charge in [-0.2, -0.15) is 0 Å². The van der Waals surface area contributed by atoms with Gasteiger partial charge in [0.25, 0.3) is 0 Å². The maximum absolute atomic E-state index is 11.4. The highest BCUT2D eigenvalue weighted by Crippen LogP contribution is 2.25. The molecule has 3 rings (SSSR count). The Balaban J connectivity index is 1.70. The summed E-state index contributed by atoms with van der Waals surface area (Å²) in [7, 11) is 0. The van der Waals surface area contributed by atoms with Crippen LogP contribution in [0.4, 0.5) is 0 Å². The molecule has 162 valence electrons. The molecule has 30 heavy (non-hydrogen) atoms. The normalized spacial score (nSPS) is 19.8. The Morgan fingerprint density at radius 2 is 1.90 bits per heavy atom. The zero-order chi connectivity index (χ0) is 21.3. The molecule has 0 radical (unpaired) electrons. The number of nitrogens with one attached hydrogen (secondary N) is 1. The van der Waals surface area contributed by atoms with Gasteiger partial charge in [0.2, 0.25) is 5.91 Å². The van der Waals surface area contributed by atoms with Gasteiger partial charge in [0.05, 0.1) is 12.1 Å². The highest BCUT2D eigenvalue weighted by molar-refractivity contribution is 5.73. The first kappa shape index (κ1) is 22.3. The Kier molecular flexibility index (Phi) is 8.29. The summed E-state index contributed by atoms with van der Waals surface area (Å²) in [6.07, 6.45) is 3.06. The second-order valence-electron chi connectivity index (χ2n) is 8.19. The van der Waals surface area contributed by atoms with E-state index in [1.165, 1.54) is 18.1 Å². The highest BCUT2D eigenvalue weighted by atomic mass is 16.5.